The van der Waals surface area contributed by atoms with Gasteiger partial charge in [0, 0.05) is 5.25 Å². The van der Waals surface area contributed by atoms with E-state index in [1.807, 2.05) is 11.9 Å². The van der Waals surface area contributed by atoms with Crippen molar-refractivity contribution >= 4 is 11.9 Å². The summed E-state index contributed by atoms with van der Waals surface area (Å²) in [6.07, 6.45) is 11.9. The minimum atomic E-state index is 0.726. The lowest BCUT2D eigenvalue weighted by atomic mass is 10.1. The molecule has 17 heavy (non-hydrogen) atoms. The van der Waals surface area contributed by atoms with Crippen LogP contribution in [0, 0.1) is 0 Å². The number of allylic oxidation sites excluding steroid dienone is 1. The fourth-order valence-corrected chi connectivity index (χ4v) is 3.36. The molecule has 98 valence electrons. The first kappa shape index (κ1) is 13.4. The monoisotopic (exact) mass is 255 g/mol. The third-order valence-electron chi connectivity index (χ3n) is 3.31. The Labute approximate surface area is 110 Å². The molecule has 3 nitrogen and oxygen atoms in total. The second-order valence-corrected chi connectivity index (χ2v) is 6.12. The van der Waals surface area contributed by atoms with E-state index in [1.54, 1.807) is 5.57 Å². The van der Waals surface area contributed by atoms with E-state index in [9.17, 15) is 0 Å². The van der Waals surface area contributed by atoms with Crippen molar-refractivity contribution in [2.75, 3.05) is 13.3 Å². The van der Waals surface area contributed by atoms with Crippen LogP contribution in [0.5, 0.6) is 0 Å². The van der Waals surface area contributed by atoms with E-state index in [1.165, 1.54) is 44.9 Å². The average Bonchev–Trinajstić information content (AvgIpc) is 3.06. The van der Waals surface area contributed by atoms with E-state index >= 15 is 0 Å². The van der Waals surface area contributed by atoms with E-state index in [0.717, 1.165) is 18.6 Å². The van der Waals surface area contributed by atoms with Crippen LogP contribution in [0.15, 0.2) is 11.6 Å². The van der Waals surface area contributed by atoms with Crippen LogP contribution in [0.4, 0.5) is 0 Å². The Hall–Kier alpha value is -0.0300. The zero-order valence-electron chi connectivity index (χ0n) is 10.9. The second-order valence-electron chi connectivity index (χ2n) is 4.90. The topological polar surface area (TPSA) is 27.3 Å². The Kier molecular flexibility index (Phi) is 5.85. The number of rotatable bonds is 9. The van der Waals surface area contributed by atoms with E-state index in [4.69, 9.17) is 0 Å². The minimum Gasteiger partial charge on any atom is -0.289 e. The first-order valence-electron chi connectivity index (χ1n) is 6.97. The highest BCUT2D eigenvalue weighted by molar-refractivity contribution is 7.97. The molecule has 0 aromatic rings. The molecule has 4 heteroatoms. The summed E-state index contributed by atoms with van der Waals surface area (Å²) in [5.74, 6) is 0. The molecular weight excluding hydrogens is 230 g/mol. The molecule has 0 radical (unpaired) electrons. The predicted octanol–water partition coefficient (Wildman–Crippen LogP) is 3.02. The molecule has 0 aromatic carbocycles. The molecule has 1 saturated heterocycles. The highest BCUT2D eigenvalue weighted by atomic mass is 32.2. The van der Waals surface area contributed by atoms with Gasteiger partial charge in [-0.25, -0.2) is 5.43 Å². The molecule has 0 spiro atoms. The lowest BCUT2D eigenvalue weighted by Crippen LogP contribution is -2.26. The van der Waals surface area contributed by atoms with Gasteiger partial charge in [0.2, 0.25) is 0 Å². The number of hydrogen-bond acceptors (Lipinski definition) is 4. The maximum absolute atomic E-state index is 3.34. The number of nitrogens with zero attached hydrogens (tertiary/aromatic N) is 1. The van der Waals surface area contributed by atoms with Crippen LogP contribution >= 0.6 is 11.9 Å². The van der Waals surface area contributed by atoms with Crippen molar-refractivity contribution in [1.82, 2.24) is 15.2 Å². The zero-order chi connectivity index (χ0) is 11.9. The standard InChI is InChI=1S/C13H25N3S/c1-2-3-4-5-6-7-13(12-8-9-12)17-16-11-14-10-15-16/h8,13-15H,2-7,9-11H2,1H3. The van der Waals surface area contributed by atoms with Gasteiger partial charge in [-0.05, 0) is 12.8 Å². The number of unbranched alkanes of at least 4 members (excludes halogenated alkanes) is 4. The van der Waals surface area contributed by atoms with E-state index < -0.39 is 0 Å². The molecule has 0 saturated carbocycles. The summed E-state index contributed by atoms with van der Waals surface area (Å²) >= 11 is 1.98. The molecule has 1 atom stereocenters. The normalized spacial score (nSPS) is 21.6. The summed E-state index contributed by atoms with van der Waals surface area (Å²) in [6, 6.07) is 0. The molecule has 1 aliphatic carbocycles. The van der Waals surface area contributed by atoms with Crippen molar-refractivity contribution in [2.45, 2.75) is 57.1 Å². The van der Waals surface area contributed by atoms with Gasteiger partial charge in [0.05, 0.1) is 13.3 Å². The Balaban J connectivity index is 1.61. The highest BCUT2D eigenvalue weighted by Crippen LogP contribution is 2.36. The van der Waals surface area contributed by atoms with E-state index in [-0.39, 0.29) is 0 Å². The fraction of sp³-hybridized carbons (Fsp3) is 0.846. The van der Waals surface area contributed by atoms with E-state index in [0.29, 0.717) is 0 Å². The molecule has 2 aliphatic rings. The predicted molar refractivity (Wildman–Crippen MR) is 75.3 cm³/mol. The molecule has 1 unspecified atom stereocenters. The number of hydrogen-bond donors (Lipinski definition) is 2. The maximum Gasteiger partial charge on any atom is 0.0747 e. The van der Waals surface area contributed by atoms with Crippen LogP contribution in [0.2, 0.25) is 0 Å². The first-order valence-corrected chi connectivity index (χ1v) is 7.81. The van der Waals surface area contributed by atoms with Crippen LogP contribution in [0.25, 0.3) is 0 Å². The van der Waals surface area contributed by atoms with Gasteiger partial charge in [-0.3, -0.25) is 5.32 Å². The van der Waals surface area contributed by atoms with Gasteiger partial charge in [0.25, 0.3) is 0 Å². The summed E-state index contributed by atoms with van der Waals surface area (Å²) in [7, 11) is 0. The van der Waals surface area contributed by atoms with Crippen LogP contribution in [0.1, 0.15) is 51.9 Å². The molecule has 1 heterocycles. The van der Waals surface area contributed by atoms with Crippen molar-refractivity contribution in [1.29, 1.82) is 0 Å². The van der Waals surface area contributed by atoms with E-state index in [2.05, 4.69) is 28.2 Å². The van der Waals surface area contributed by atoms with Crippen molar-refractivity contribution in [2.24, 2.45) is 0 Å². The summed E-state index contributed by atoms with van der Waals surface area (Å²) in [6.45, 7) is 4.15. The molecular formula is C13H25N3S. The SMILES string of the molecule is CCCCCCCC(SN1CNCN1)C1=CC1. The summed E-state index contributed by atoms with van der Waals surface area (Å²) in [5, 5.41) is 4.02. The Morgan fingerprint density at radius 3 is 2.82 bits per heavy atom. The summed E-state index contributed by atoms with van der Waals surface area (Å²) in [4.78, 5) is 0. The number of nitrogens with one attached hydrogen (secondary N) is 2. The molecule has 1 fully saturated rings. The molecule has 1 aliphatic heterocycles. The lowest BCUT2D eigenvalue weighted by Gasteiger charge is -2.20. The van der Waals surface area contributed by atoms with Crippen molar-refractivity contribution in [3.8, 4) is 0 Å². The summed E-state index contributed by atoms with van der Waals surface area (Å²) in [5.41, 5.74) is 5.00. The van der Waals surface area contributed by atoms with Gasteiger partial charge in [0.1, 0.15) is 0 Å². The average molecular weight is 255 g/mol. The van der Waals surface area contributed by atoms with Crippen LogP contribution in [-0.2, 0) is 0 Å². The van der Waals surface area contributed by atoms with Gasteiger partial charge in [0.15, 0.2) is 0 Å². The first-order chi connectivity index (χ1) is 8.40. The fourth-order valence-electron chi connectivity index (χ4n) is 2.15. The highest BCUT2D eigenvalue weighted by Gasteiger charge is 2.24. The minimum absolute atomic E-state index is 0.726. The third kappa shape index (κ3) is 5.00. The van der Waals surface area contributed by atoms with Gasteiger partial charge >= 0.3 is 0 Å². The third-order valence-corrected chi connectivity index (χ3v) is 4.62. The van der Waals surface area contributed by atoms with Gasteiger partial charge < -0.3 is 0 Å². The van der Waals surface area contributed by atoms with Crippen molar-refractivity contribution in [3.63, 3.8) is 0 Å². The lowest BCUT2D eigenvalue weighted by molar-refractivity contribution is 0.453. The molecule has 0 amide bonds. The van der Waals surface area contributed by atoms with Crippen LogP contribution < -0.4 is 10.7 Å². The Morgan fingerprint density at radius 2 is 2.18 bits per heavy atom. The van der Waals surface area contributed by atoms with Gasteiger partial charge in [-0.15, -0.1) is 0 Å². The Morgan fingerprint density at radius 1 is 1.35 bits per heavy atom. The van der Waals surface area contributed by atoms with Crippen molar-refractivity contribution < 1.29 is 0 Å². The zero-order valence-corrected chi connectivity index (χ0v) is 11.7. The largest absolute Gasteiger partial charge is 0.289 e. The molecule has 0 bridgehead atoms. The van der Waals surface area contributed by atoms with Crippen molar-refractivity contribution in [3.05, 3.63) is 11.6 Å². The summed E-state index contributed by atoms with van der Waals surface area (Å²) < 4.78 is 2.25. The molecule has 2 rings (SSSR count). The van der Waals surface area contributed by atoms with Crippen LogP contribution in [0.3, 0.4) is 0 Å². The van der Waals surface area contributed by atoms with Gasteiger partial charge in [-0.2, -0.15) is 4.41 Å². The quantitative estimate of drug-likeness (QED) is 0.376. The maximum atomic E-state index is 3.34. The smallest absolute Gasteiger partial charge is 0.0747 e. The molecule has 2 N–H and O–H groups in total. The second kappa shape index (κ2) is 7.41. The van der Waals surface area contributed by atoms with Crippen LogP contribution in [-0.4, -0.2) is 23.0 Å². The Bertz CT molecular complexity index is 249. The van der Waals surface area contributed by atoms with Gasteiger partial charge in [-0.1, -0.05) is 62.6 Å². The number of hydrazine groups is 1. The molecule has 0 aromatic heterocycles.